The Morgan fingerprint density at radius 1 is 1.15 bits per heavy atom. The van der Waals surface area contributed by atoms with Crippen LogP contribution in [0.3, 0.4) is 0 Å². The maximum atomic E-state index is 12.1. The van der Waals surface area contributed by atoms with Crippen LogP contribution in [0.4, 0.5) is 0 Å². The number of carbonyl (C=O) groups is 1. The third-order valence-corrected chi connectivity index (χ3v) is 5.84. The summed E-state index contributed by atoms with van der Waals surface area (Å²) in [5.74, 6) is 1.23. The van der Waals surface area contributed by atoms with Crippen LogP contribution in [-0.4, -0.2) is 43.0 Å². The monoisotopic (exact) mass is 379 g/mol. The minimum Gasteiger partial charge on any atom is -0.357 e. The Labute approximate surface area is 161 Å². The molecule has 0 aromatic carbocycles. The van der Waals surface area contributed by atoms with Crippen molar-refractivity contribution in [2.24, 2.45) is 10.9 Å². The fourth-order valence-corrected chi connectivity index (χ4v) is 4.05. The van der Waals surface area contributed by atoms with Gasteiger partial charge in [0.05, 0.1) is 10.7 Å². The van der Waals surface area contributed by atoms with E-state index < -0.39 is 0 Å². The highest BCUT2D eigenvalue weighted by Crippen LogP contribution is 2.23. The SMILES string of the molecule is CCNC(=NCCc1nc(C)c(C)s1)NCCNC(=O)C1CCCCC1. The molecular formula is C19H33N5OS. The summed E-state index contributed by atoms with van der Waals surface area (Å²) in [5.41, 5.74) is 1.12. The molecule has 1 saturated carbocycles. The number of aromatic nitrogens is 1. The molecule has 1 heterocycles. The highest BCUT2D eigenvalue weighted by molar-refractivity contribution is 7.11. The Bertz CT molecular complexity index is 573. The topological polar surface area (TPSA) is 78.4 Å². The van der Waals surface area contributed by atoms with Crippen LogP contribution >= 0.6 is 11.3 Å². The minimum atomic E-state index is 0.211. The van der Waals surface area contributed by atoms with Crippen molar-refractivity contribution < 1.29 is 4.79 Å². The molecule has 7 heteroatoms. The molecule has 0 saturated heterocycles. The van der Waals surface area contributed by atoms with Crippen LogP contribution in [-0.2, 0) is 11.2 Å². The number of nitrogens with one attached hydrogen (secondary N) is 3. The van der Waals surface area contributed by atoms with Crippen LogP contribution in [0, 0.1) is 19.8 Å². The van der Waals surface area contributed by atoms with E-state index in [4.69, 9.17) is 0 Å². The highest BCUT2D eigenvalue weighted by Gasteiger charge is 2.20. The number of aliphatic imine (C=N–C) groups is 1. The second-order valence-electron chi connectivity index (χ2n) is 6.81. The molecule has 1 amide bonds. The first-order chi connectivity index (χ1) is 12.6. The summed E-state index contributed by atoms with van der Waals surface area (Å²) in [6.07, 6.45) is 6.58. The van der Waals surface area contributed by atoms with Gasteiger partial charge in [-0.15, -0.1) is 11.3 Å². The number of amides is 1. The van der Waals surface area contributed by atoms with Gasteiger partial charge in [-0.2, -0.15) is 0 Å². The maximum Gasteiger partial charge on any atom is 0.223 e. The average Bonchev–Trinajstić information content (AvgIpc) is 2.97. The first-order valence-corrected chi connectivity index (χ1v) is 10.6. The molecule has 1 aliphatic rings. The summed E-state index contributed by atoms with van der Waals surface area (Å²) in [7, 11) is 0. The lowest BCUT2D eigenvalue weighted by Gasteiger charge is -2.21. The zero-order valence-corrected chi connectivity index (χ0v) is 17.2. The summed E-state index contributed by atoms with van der Waals surface area (Å²) in [4.78, 5) is 22.6. The van der Waals surface area contributed by atoms with E-state index >= 15 is 0 Å². The van der Waals surface area contributed by atoms with Crippen molar-refractivity contribution >= 4 is 23.2 Å². The van der Waals surface area contributed by atoms with Crippen molar-refractivity contribution in [3.8, 4) is 0 Å². The van der Waals surface area contributed by atoms with Gasteiger partial charge < -0.3 is 16.0 Å². The molecule has 0 spiro atoms. The molecular weight excluding hydrogens is 346 g/mol. The smallest absolute Gasteiger partial charge is 0.223 e. The number of guanidine groups is 1. The molecule has 1 aliphatic carbocycles. The van der Waals surface area contributed by atoms with Gasteiger partial charge >= 0.3 is 0 Å². The predicted octanol–water partition coefficient (Wildman–Crippen LogP) is 2.55. The summed E-state index contributed by atoms with van der Waals surface area (Å²) in [6.45, 7) is 9.03. The molecule has 26 heavy (non-hydrogen) atoms. The second kappa shape index (κ2) is 11.2. The molecule has 1 fully saturated rings. The number of hydrogen-bond donors (Lipinski definition) is 3. The molecule has 6 nitrogen and oxygen atoms in total. The van der Waals surface area contributed by atoms with Gasteiger partial charge in [0.2, 0.25) is 5.91 Å². The van der Waals surface area contributed by atoms with Crippen molar-refractivity contribution in [2.75, 3.05) is 26.2 Å². The number of rotatable bonds is 8. The van der Waals surface area contributed by atoms with E-state index in [1.165, 1.54) is 24.1 Å². The van der Waals surface area contributed by atoms with Crippen molar-refractivity contribution in [3.63, 3.8) is 0 Å². The van der Waals surface area contributed by atoms with Crippen LogP contribution in [0.25, 0.3) is 0 Å². The molecule has 0 radical (unpaired) electrons. The third-order valence-electron chi connectivity index (χ3n) is 4.71. The quantitative estimate of drug-likeness (QED) is 0.368. The Hall–Kier alpha value is -1.63. The molecule has 146 valence electrons. The Morgan fingerprint density at radius 2 is 1.88 bits per heavy atom. The van der Waals surface area contributed by atoms with Crippen LogP contribution in [0.2, 0.25) is 0 Å². The number of nitrogens with zero attached hydrogens (tertiary/aromatic N) is 2. The van der Waals surface area contributed by atoms with Crippen molar-refractivity contribution in [1.82, 2.24) is 20.9 Å². The van der Waals surface area contributed by atoms with Gasteiger partial charge in [-0.25, -0.2) is 4.98 Å². The van der Waals surface area contributed by atoms with E-state index in [9.17, 15) is 4.79 Å². The second-order valence-corrected chi connectivity index (χ2v) is 8.10. The van der Waals surface area contributed by atoms with Gasteiger partial charge in [-0.1, -0.05) is 19.3 Å². The summed E-state index contributed by atoms with van der Waals surface area (Å²) >= 11 is 1.75. The van der Waals surface area contributed by atoms with Crippen LogP contribution in [0.5, 0.6) is 0 Å². The van der Waals surface area contributed by atoms with Crippen LogP contribution in [0.1, 0.15) is 54.6 Å². The molecule has 0 atom stereocenters. The van der Waals surface area contributed by atoms with Crippen molar-refractivity contribution in [2.45, 2.75) is 59.3 Å². The number of aryl methyl sites for hydroxylation is 2. The van der Waals surface area contributed by atoms with Crippen molar-refractivity contribution in [3.05, 3.63) is 15.6 Å². The van der Waals surface area contributed by atoms with Gasteiger partial charge in [-0.3, -0.25) is 9.79 Å². The fourth-order valence-electron chi connectivity index (χ4n) is 3.13. The molecule has 0 unspecified atom stereocenters. The molecule has 1 aromatic rings. The lowest BCUT2D eigenvalue weighted by Crippen LogP contribution is -2.42. The lowest BCUT2D eigenvalue weighted by atomic mass is 9.89. The summed E-state index contributed by atoms with van der Waals surface area (Å²) in [6, 6.07) is 0. The first kappa shape index (κ1) is 20.7. The molecule has 0 aliphatic heterocycles. The van der Waals surface area contributed by atoms with Gasteiger partial charge in [0, 0.05) is 43.4 Å². The van der Waals surface area contributed by atoms with Gasteiger partial charge in [0.15, 0.2) is 5.96 Å². The predicted molar refractivity (Wildman–Crippen MR) is 109 cm³/mol. The normalized spacial score (nSPS) is 15.7. The van der Waals surface area contributed by atoms with E-state index in [-0.39, 0.29) is 11.8 Å². The minimum absolute atomic E-state index is 0.211. The van der Waals surface area contributed by atoms with Crippen LogP contribution in [0.15, 0.2) is 4.99 Å². The number of carbonyl (C=O) groups excluding carboxylic acids is 1. The van der Waals surface area contributed by atoms with Gasteiger partial charge in [-0.05, 0) is 33.6 Å². The summed E-state index contributed by atoms with van der Waals surface area (Å²) < 4.78 is 0. The maximum absolute atomic E-state index is 12.1. The molecule has 2 rings (SSSR count). The zero-order chi connectivity index (χ0) is 18.8. The fraction of sp³-hybridized carbons (Fsp3) is 0.737. The molecule has 1 aromatic heterocycles. The lowest BCUT2D eigenvalue weighted by molar-refractivity contribution is -0.125. The average molecular weight is 380 g/mol. The van der Waals surface area contributed by atoms with E-state index in [0.29, 0.717) is 19.6 Å². The van der Waals surface area contributed by atoms with E-state index in [1.54, 1.807) is 11.3 Å². The number of thiazole rings is 1. The molecule has 0 bridgehead atoms. The molecule has 3 N–H and O–H groups in total. The third kappa shape index (κ3) is 6.94. The van der Waals surface area contributed by atoms with E-state index in [2.05, 4.69) is 39.8 Å². The Morgan fingerprint density at radius 3 is 2.54 bits per heavy atom. The van der Waals surface area contributed by atoms with Gasteiger partial charge in [0.1, 0.15) is 0 Å². The first-order valence-electron chi connectivity index (χ1n) is 9.83. The number of hydrogen-bond acceptors (Lipinski definition) is 4. The standard InChI is InChI=1S/C19H33N5OS/c1-4-20-19(22-11-10-17-24-14(2)15(3)26-17)23-13-12-21-18(25)16-8-6-5-7-9-16/h16H,4-13H2,1-3H3,(H,21,25)(H2,20,22,23). The van der Waals surface area contributed by atoms with Crippen molar-refractivity contribution in [1.29, 1.82) is 0 Å². The highest BCUT2D eigenvalue weighted by atomic mass is 32.1. The van der Waals surface area contributed by atoms with Gasteiger partial charge in [0.25, 0.3) is 0 Å². The largest absolute Gasteiger partial charge is 0.357 e. The van der Waals surface area contributed by atoms with E-state index in [0.717, 1.165) is 42.5 Å². The van der Waals surface area contributed by atoms with E-state index in [1.807, 2.05) is 6.92 Å². The zero-order valence-electron chi connectivity index (χ0n) is 16.4. The Kier molecular flexibility index (Phi) is 8.88. The Balaban J connectivity index is 1.68. The van der Waals surface area contributed by atoms with Crippen LogP contribution < -0.4 is 16.0 Å². The summed E-state index contributed by atoms with van der Waals surface area (Å²) in [5, 5.41) is 10.7.